The van der Waals surface area contributed by atoms with E-state index in [4.69, 9.17) is 5.73 Å². The number of nitrogens with two attached hydrogens (primary N) is 1. The maximum atomic E-state index is 5.66. The Labute approximate surface area is 99.7 Å². The molecule has 0 bridgehead atoms. The fourth-order valence-corrected chi connectivity index (χ4v) is 2.32. The van der Waals surface area contributed by atoms with E-state index >= 15 is 0 Å². The molecule has 0 fully saturated rings. The average Bonchev–Trinajstić information content (AvgIpc) is 2.69. The van der Waals surface area contributed by atoms with Gasteiger partial charge < -0.3 is 11.1 Å². The molecule has 1 aliphatic rings. The Morgan fingerprint density at radius 2 is 2.12 bits per heavy atom. The number of benzene rings is 1. The van der Waals surface area contributed by atoms with Crippen molar-refractivity contribution in [1.29, 1.82) is 0 Å². The Morgan fingerprint density at radius 1 is 1.35 bits per heavy atom. The maximum Gasteiger partial charge on any atom is 0.241 e. The second kappa shape index (κ2) is 3.76. The first-order valence-corrected chi connectivity index (χ1v) is 5.77. The van der Waals surface area contributed by atoms with Gasteiger partial charge in [0.25, 0.3) is 0 Å². The lowest BCUT2D eigenvalue weighted by molar-refractivity contribution is 0.438. The molecule has 2 aromatic rings. The number of hydrogen-bond acceptors (Lipinski definition) is 4. The monoisotopic (exact) mass is 229 g/mol. The molecule has 0 radical (unpaired) electrons. The van der Waals surface area contributed by atoms with Gasteiger partial charge in [0.05, 0.1) is 6.04 Å². The highest BCUT2D eigenvalue weighted by Gasteiger charge is 2.27. The topological polar surface area (TPSA) is 68.8 Å². The van der Waals surface area contributed by atoms with Gasteiger partial charge in [-0.3, -0.25) is 0 Å². The van der Waals surface area contributed by atoms with Gasteiger partial charge in [-0.1, -0.05) is 30.3 Å². The minimum absolute atomic E-state index is 0.215. The van der Waals surface area contributed by atoms with E-state index in [0.717, 1.165) is 12.4 Å². The predicted octanol–water partition coefficient (Wildman–Crippen LogP) is 1.65. The second-order valence-corrected chi connectivity index (χ2v) is 4.45. The van der Waals surface area contributed by atoms with Crippen molar-refractivity contribution >= 4 is 11.9 Å². The first kappa shape index (κ1) is 10.1. The van der Waals surface area contributed by atoms with Crippen LogP contribution in [0.15, 0.2) is 30.3 Å². The van der Waals surface area contributed by atoms with Crippen molar-refractivity contribution in [3.05, 3.63) is 35.9 Å². The molecule has 17 heavy (non-hydrogen) atoms. The van der Waals surface area contributed by atoms with Crippen LogP contribution >= 0.6 is 0 Å². The lowest BCUT2D eigenvalue weighted by Crippen LogP contribution is -2.31. The lowest BCUT2D eigenvalue weighted by atomic mass is 9.99. The molecule has 3 N–H and O–H groups in total. The Balaban J connectivity index is 2.06. The summed E-state index contributed by atoms with van der Waals surface area (Å²) in [6, 6.07) is 10.9. The van der Waals surface area contributed by atoms with Crippen LogP contribution < -0.4 is 11.1 Å². The second-order valence-electron chi connectivity index (χ2n) is 4.45. The zero-order chi connectivity index (χ0) is 11.8. The van der Waals surface area contributed by atoms with Crippen molar-refractivity contribution in [2.45, 2.75) is 25.4 Å². The zero-order valence-electron chi connectivity index (χ0n) is 9.67. The van der Waals surface area contributed by atoms with Crippen LogP contribution in [0.25, 0.3) is 0 Å². The van der Waals surface area contributed by atoms with E-state index in [1.54, 1.807) is 0 Å². The number of nitrogen functional groups attached to an aromatic ring is 1. The van der Waals surface area contributed by atoms with Crippen molar-refractivity contribution in [3.63, 3.8) is 0 Å². The van der Waals surface area contributed by atoms with E-state index in [-0.39, 0.29) is 6.04 Å². The van der Waals surface area contributed by atoms with Crippen LogP contribution in [-0.4, -0.2) is 20.8 Å². The summed E-state index contributed by atoms with van der Waals surface area (Å²) in [5.74, 6) is 1.08. The summed E-state index contributed by atoms with van der Waals surface area (Å²) >= 11 is 0. The summed E-state index contributed by atoms with van der Waals surface area (Å²) in [4.78, 5) is 4.20. The standard InChI is InChI=1S/C12H15N5/c1-8-7-10(9-5-3-2-4-6-9)17-12(14-8)15-11(13)16-17/h2-6,8,10H,7H2,1H3,(H3,13,14,15,16)/t8-,10-/m1/s1. The third kappa shape index (κ3) is 1.73. The molecule has 0 saturated carbocycles. The first-order valence-electron chi connectivity index (χ1n) is 5.77. The highest BCUT2D eigenvalue weighted by atomic mass is 15.4. The van der Waals surface area contributed by atoms with E-state index in [9.17, 15) is 0 Å². The SMILES string of the molecule is C[C@@H]1C[C@H](c2ccccc2)n2nc(N)nc2N1. The Hall–Kier alpha value is -2.04. The Morgan fingerprint density at radius 3 is 2.88 bits per heavy atom. The van der Waals surface area contributed by atoms with Crippen LogP contribution in [0.1, 0.15) is 24.9 Å². The summed E-state index contributed by atoms with van der Waals surface area (Å²) in [7, 11) is 0. The van der Waals surface area contributed by atoms with Gasteiger partial charge in [-0.05, 0) is 18.9 Å². The van der Waals surface area contributed by atoms with Gasteiger partial charge in [0, 0.05) is 6.04 Å². The number of rotatable bonds is 1. The van der Waals surface area contributed by atoms with Gasteiger partial charge in [-0.15, -0.1) is 5.10 Å². The quantitative estimate of drug-likeness (QED) is 0.780. The summed E-state index contributed by atoms with van der Waals surface area (Å²) in [5.41, 5.74) is 6.90. The zero-order valence-corrected chi connectivity index (χ0v) is 9.67. The van der Waals surface area contributed by atoms with Gasteiger partial charge >= 0.3 is 0 Å². The lowest BCUT2D eigenvalue weighted by Gasteiger charge is -2.29. The predicted molar refractivity (Wildman–Crippen MR) is 66.7 cm³/mol. The van der Waals surface area contributed by atoms with E-state index in [0.29, 0.717) is 12.0 Å². The van der Waals surface area contributed by atoms with E-state index in [1.165, 1.54) is 5.56 Å². The van der Waals surface area contributed by atoms with Crippen molar-refractivity contribution in [2.24, 2.45) is 0 Å². The molecule has 1 aliphatic heterocycles. The number of nitrogens with zero attached hydrogens (tertiary/aromatic N) is 3. The van der Waals surface area contributed by atoms with Crippen LogP contribution in [0.4, 0.5) is 11.9 Å². The third-order valence-corrected chi connectivity index (χ3v) is 3.08. The molecule has 1 aromatic carbocycles. The number of hydrogen-bond donors (Lipinski definition) is 2. The van der Waals surface area contributed by atoms with Crippen LogP contribution in [0, 0.1) is 0 Å². The molecular weight excluding hydrogens is 214 g/mol. The fraction of sp³-hybridized carbons (Fsp3) is 0.333. The van der Waals surface area contributed by atoms with Gasteiger partial charge in [0.2, 0.25) is 11.9 Å². The highest BCUT2D eigenvalue weighted by Crippen LogP contribution is 2.31. The van der Waals surface area contributed by atoms with E-state index in [1.807, 2.05) is 22.9 Å². The number of fused-ring (bicyclic) bond motifs is 1. The number of anilines is 2. The summed E-state index contributed by atoms with van der Waals surface area (Å²) in [6.45, 7) is 2.14. The molecule has 5 heteroatoms. The maximum absolute atomic E-state index is 5.66. The molecular formula is C12H15N5. The van der Waals surface area contributed by atoms with Gasteiger partial charge in [0.15, 0.2) is 0 Å². The highest BCUT2D eigenvalue weighted by molar-refractivity contribution is 5.38. The Kier molecular flexibility index (Phi) is 2.24. The first-order chi connectivity index (χ1) is 8.24. The summed E-state index contributed by atoms with van der Waals surface area (Å²) in [6.07, 6.45) is 0.986. The van der Waals surface area contributed by atoms with Crippen LogP contribution in [-0.2, 0) is 0 Å². The summed E-state index contributed by atoms with van der Waals surface area (Å²) < 4.78 is 1.88. The van der Waals surface area contributed by atoms with Crippen molar-refractivity contribution < 1.29 is 0 Å². The molecule has 2 atom stereocenters. The van der Waals surface area contributed by atoms with Crippen molar-refractivity contribution in [1.82, 2.24) is 14.8 Å². The molecule has 0 amide bonds. The molecule has 88 valence electrons. The van der Waals surface area contributed by atoms with Gasteiger partial charge in [0.1, 0.15) is 0 Å². The fourth-order valence-electron chi connectivity index (χ4n) is 2.32. The molecule has 5 nitrogen and oxygen atoms in total. The van der Waals surface area contributed by atoms with Crippen molar-refractivity contribution in [3.8, 4) is 0 Å². The number of nitrogens with one attached hydrogen (secondary N) is 1. The van der Waals surface area contributed by atoms with E-state index < -0.39 is 0 Å². The molecule has 0 aliphatic carbocycles. The molecule has 0 saturated heterocycles. The van der Waals surface area contributed by atoms with E-state index in [2.05, 4.69) is 34.5 Å². The van der Waals surface area contributed by atoms with Crippen molar-refractivity contribution in [2.75, 3.05) is 11.1 Å². The third-order valence-electron chi connectivity index (χ3n) is 3.08. The minimum Gasteiger partial charge on any atom is -0.366 e. The Bertz CT molecular complexity index is 519. The normalized spacial score (nSPS) is 22.9. The molecule has 1 aromatic heterocycles. The van der Waals surface area contributed by atoms with Gasteiger partial charge in [-0.25, -0.2) is 4.68 Å². The summed E-state index contributed by atoms with van der Waals surface area (Å²) in [5, 5.41) is 7.55. The molecule has 3 rings (SSSR count). The number of aromatic nitrogens is 3. The molecule has 2 heterocycles. The van der Waals surface area contributed by atoms with Crippen LogP contribution in [0.5, 0.6) is 0 Å². The largest absolute Gasteiger partial charge is 0.366 e. The van der Waals surface area contributed by atoms with Crippen LogP contribution in [0.2, 0.25) is 0 Å². The molecule has 0 spiro atoms. The molecule has 0 unspecified atom stereocenters. The smallest absolute Gasteiger partial charge is 0.241 e. The van der Waals surface area contributed by atoms with Crippen LogP contribution in [0.3, 0.4) is 0 Å². The van der Waals surface area contributed by atoms with Gasteiger partial charge in [-0.2, -0.15) is 4.98 Å². The average molecular weight is 229 g/mol. The minimum atomic E-state index is 0.215.